The van der Waals surface area contributed by atoms with Crippen molar-refractivity contribution < 1.29 is 22.4 Å². The third kappa shape index (κ3) is 6.40. The highest BCUT2D eigenvalue weighted by Gasteiger charge is 2.31. The standard InChI is InChI=1S/C32H24F4N8O/c1-20-10-28(33)27(31(45)41-24-12-21(17-43-9-7-37-19-43)11-23(14-24)32(34,35)36)13-22(20)5-6-26-16-38-30-29(4-3-8-44(26)30)40-25-15-39-42(2)18-25/h3-4,7-16,18-19,40H,17H2,1-2H3,(H,41,45). The molecule has 0 spiro atoms. The fourth-order valence-electron chi connectivity index (χ4n) is 4.76. The molecule has 2 N–H and O–H groups in total. The van der Waals surface area contributed by atoms with Crippen LogP contribution in [0.15, 0.2) is 86.0 Å². The van der Waals surface area contributed by atoms with Gasteiger partial charge in [0, 0.05) is 49.6 Å². The van der Waals surface area contributed by atoms with Crippen LogP contribution in [-0.2, 0) is 19.8 Å². The Labute approximate surface area is 254 Å². The van der Waals surface area contributed by atoms with Crippen LogP contribution >= 0.6 is 0 Å². The largest absolute Gasteiger partial charge is 0.416 e. The summed E-state index contributed by atoms with van der Waals surface area (Å²) < 4.78 is 61.0. The highest BCUT2D eigenvalue weighted by Crippen LogP contribution is 2.32. The molecule has 13 heteroatoms. The van der Waals surface area contributed by atoms with E-state index in [1.165, 1.54) is 30.7 Å². The Morgan fingerprint density at radius 2 is 1.89 bits per heavy atom. The molecule has 0 aliphatic heterocycles. The number of hydrogen-bond acceptors (Lipinski definition) is 5. The third-order valence-corrected chi connectivity index (χ3v) is 6.91. The molecule has 0 aliphatic carbocycles. The molecule has 0 bridgehead atoms. The van der Waals surface area contributed by atoms with E-state index in [-0.39, 0.29) is 23.4 Å². The second-order valence-corrected chi connectivity index (χ2v) is 10.3. The van der Waals surface area contributed by atoms with Crippen molar-refractivity contribution in [3.63, 3.8) is 0 Å². The monoisotopic (exact) mass is 612 g/mol. The lowest BCUT2D eigenvalue weighted by atomic mass is 10.0. The molecule has 2 aromatic carbocycles. The van der Waals surface area contributed by atoms with Gasteiger partial charge >= 0.3 is 6.18 Å². The van der Waals surface area contributed by atoms with Crippen molar-refractivity contribution in [3.8, 4) is 11.8 Å². The maximum Gasteiger partial charge on any atom is 0.416 e. The molecular weight excluding hydrogens is 588 g/mol. The zero-order valence-corrected chi connectivity index (χ0v) is 23.9. The molecule has 0 unspecified atom stereocenters. The molecule has 1 amide bonds. The molecule has 6 aromatic rings. The Balaban J connectivity index is 1.28. The minimum absolute atomic E-state index is 0.0930. The number of pyridine rings is 1. The van der Waals surface area contributed by atoms with Gasteiger partial charge in [0.1, 0.15) is 11.5 Å². The van der Waals surface area contributed by atoms with E-state index >= 15 is 4.39 Å². The van der Waals surface area contributed by atoms with E-state index < -0.39 is 23.5 Å². The molecule has 6 rings (SSSR count). The number of nitrogens with one attached hydrogen (secondary N) is 2. The van der Waals surface area contributed by atoms with E-state index in [2.05, 4.69) is 37.5 Å². The van der Waals surface area contributed by atoms with Gasteiger partial charge in [0.05, 0.1) is 41.2 Å². The van der Waals surface area contributed by atoms with Crippen molar-refractivity contribution in [2.45, 2.75) is 19.6 Å². The molecule has 0 atom stereocenters. The number of fused-ring (bicyclic) bond motifs is 1. The number of nitrogens with zero attached hydrogens (tertiary/aromatic N) is 6. The number of hydrogen-bond donors (Lipinski definition) is 2. The summed E-state index contributed by atoms with van der Waals surface area (Å²) in [5, 5.41) is 9.84. The average Bonchev–Trinajstić information content (AvgIpc) is 3.74. The Bertz CT molecular complexity index is 2100. The maximum absolute atomic E-state index is 15.0. The quantitative estimate of drug-likeness (QED) is 0.173. The number of imidazole rings is 2. The lowest BCUT2D eigenvalue weighted by Gasteiger charge is -2.14. The van der Waals surface area contributed by atoms with Gasteiger partial charge in [0.2, 0.25) is 0 Å². The first-order valence-electron chi connectivity index (χ1n) is 13.6. The molecule has 0 saturated heterocycles. The Morgan fingerprint density at radius 1 is 1.04 bits per heavy atom. The van der Waals surface area contributed by atoms with E-state index in [4.69, 9.17) is 0 Å². The van der Waals surface area contributed by atoms with Gasteiger partial charge in [-0.3, -0.25) is 13.9 Å². The number of halogens is 4. The van der Waals surface area contributed by atoms with E-state index in [0.717, 1.165) is 23.5 Å². The number of anilines is 3. The van der Waals surface area contributed by atoms with E-state index in [1.807, 2.05) is 25.4 Å². The van der Waals surface area contributed by atoms with Crippen molar-refractivity contribution >= 4 is 28.6 Å². The molecule has 45 heavy (non-hydrogen) atoms. The molecule has 4 aromatic heterocycles. The van der Waals surface area contributed by atoms with Crippen LogP contribution in [-0.4, -0.2) is 34.6 Å². The summed E-state index contributed by atoms with van der Waals surface area (Å²) in [6.45, 7) is 1.74. The number of carbonyl (C=O) groups excluding carboxylic acids is 1. The zero-order chi connectivity index (χ0) is 31.7. The van der Waals surface area contributed by atoms with E-state index in [1.54, 1.807) is 45.4 Å². The van der Waals surface area contributed by atoms with Gasteiger partial charge in [-0.15, -0.1) is 0 Å². The third-order valence-electron chi connectivity index (χ3n) is 6.91. The van der Waals surface area contributed by atoms with Crippen molar-refractivity contribution in [1.82, 2.24) is 28.7 Å². The lowest BCUT2D eigenvalue weighted by molar-refractivity contribution is -0.137. The van der Waals surface area contributed by atoms with Gasteiger partial charge in [-0.25, -0.2) is 14.4 Å². The van der Waals surface area contributed by atoms with Gasteiger partial charge in [-0.1, -0.05) is 5.92 Å². The second kappa shape index (κ2) is 11.6. The number of amides is 1. The normalized spacial score (nSPS) is 11.3. The van der Waals surface area contributed by atoms with Crippen LogP contribution in [0.3, 0.4) is 0 Å². The van der Waals surface area contributed by atoms with Gasteiger partial charge in [0.25, 0.3) is 5.91 Å². The van der Waals surface area contributed by atoms with Crippen LogP contribution in [0, 0.1) is 24.6 Å². The van der Waals surface area contributed by atoms with Crippen LogP contribution in [0.4, 0.5) is 34.6 Å². The summed E-state index contributed by atoms with van der Waals surface area (Å²) in [5.41, 5.74) is 2.38. The first-order valence-corrected chi connectivity index (χ1v) is 13.6. The van der Waals surface area contributed by atoms with E-state index in [0.29, 0.717) is 22.5 Å². The van der Waals surface area contributed by atoms with Crippen LogP contribution in [0.5, 0.6) is 0 Å². The summed E-state index contributed by atoms with van der Waals surface area (Å²) in [5.74, 6) is 4.26. The van der Waals surface area contributed by atoms with Gasteiger partial charge in [-0.05, 0) is 66.4 Å². The molecule has 0 aliphatic rings. The fraction of sp³-hybridized carbons (Fsp3) is 0.125. The van der Waals surface area contributed by atoms with Crippen LogP contribution in [0.2, 0.25) is 0 Å². The lowest BCUT2D eigenvalue weighted by Crippen LogP contribution is -2.16. The highest BCUT2D eigenvalue weighted by atomic mass is 19.4. The van der Waals surface area contributed by atoms with E-state index in [9.17, 15) is 18.0 Å². The fourth-order valence-corrected chi connectivity index (χ4v) is 4.76. The average molecular weight is 613 g/mol. The van der Waals surface area contributed by atoms with Crippen molar-refractivity contribution in [1.29, 1.82) is 0 Å². The Kier molecular flexibility index (Phi) is 7.55. The first kappa shape index (κ1) is 29.2. The van der Waals surface area contributed by atoms with Crippen molar-refractivity contribution in [3.05, 3.63) is 125 Å². The summed E-state index contributed by atoms with van der Waals surface area (Å²) in [6, 6.07) is 9.36. The summed E-state index contributed by atoms with van der Waals surface area (Å²) in [4.78, 5) is 21.5. The molecular formula is C32H24F4N8O. The Morgan fingerprint density at radius 3 is 2.62 bits per heavy atom. The molecule has 0 radical (unpaired) electrons. The summed E-state index contributed by atoms with van der Waals surface area (Å²) >= 11 is 0. The molecule has 0 saturated carbocycles. The predicted octanol–water partition coefficient (Wildman–Crippen LogP) is 6.17. The van der Waals surface area contributed by atoms with Crippen LogP contribution in [0.1, 0.15) is 38.3 Å². The molecule has 0 fully saturated rings. The maximum atomic E-state index is 15.0. The van der Waals surface area contributed by atoms with Crippen molar-refractivity contribution in [2.24, 2.45) is 7.05 Å². The topological polar surface area (TPSA) is 94.1 Å². The smallest absolute Gasteiger partial charge is 0.350 e. The van der Waals surface area contributed by atoms with Crippen LogP contribution < -0.4 is 10.6 Å². The second-order valence-electron chi connectivity index (χ2n) is 10.3. The van der Waals surface area contributed by atoms with Crippen LogP contribution in [0.25, 0.3) is 5.65 Å². The minimum Gasteiger partial charge on any atom is -0.350 e. The molecule has 226 valence electrons. The van der Waals surface area contributed by atoms with Gasteiger partial charge < -0.3 is 15.2 Å². The highest BCUT2D eigenvalue weighted by molar-refractivity contribution is 6.04. The number of benzene rings is 2. The predicted molar refractivity (Wildman–Crippen MR) is 160 cm³/mol. The number of carbonyl (C=O) groups is 1. The molecule has 4 heterocycles. The summed E-state index contributed by atoms with van der Waals surface area (Å²) in [6.07, 6.45) is 6.82. The number of aromatic nitrogens is 6. The minimum atomic E-state index is -4.66. The number of rotatable bonds is 6. The molecule has 9 nitrogen and oxygen atoms in total. The number of aryl methyl sites for hydroxylation is 2. The number of alkyl halides is 3. The van der Waals surface area contributed by atoms with Gasteiger partial charge in [0.15, 0.2) is 5.65 Å². The SMILES string of the molecule is Cc1cc(F)c(C(=O)Nc2cc(Cn3ccnc3)cc(C(F)(F)F)c2)cc1C#Cc1cnc2c(Nc3cnn(C)c3)cccn12. The Hall–Kier alpha value is -5.90. The zero-order valence-electron chi connectivity index (χ0n) is 23.9. The summed E-state index contributed by atoms with van der Waals surface area (Å²) in [7, 11) is 1.81. The van der Waals surface area contributed by atoms with Crippen molar-refractivity contribution in [2.75, 3.05) is 10.6 Å². The first-order chi connectivity index (χ1) is 21.5. The van der Waals surface area contributed by atoms with Gasteiger partial charge in [-0.2, -0.15) is 18.3 Å².